The largest absolute Gasteiger partial charge is 0.355 e. The van der Waals surface area contributed by atoms with E-state index in [9.17, 15) is 0 Å². The van der Waals surface area contributed by atoms with Crippen LogP contribution in [0.4, 0.5) is 0 Å². The molecule has 3 nitrogen and oxygen atoms in total. The molecule has 0 spiro atoms. The van der Waals surface area contributed by atoms with Crippen molar-refractivity contribution >= 4 is 32.8 Å². The van der Waals surface area contributed by atoms with Crippen molar-refractivity contribution < 1.29 is 0 Å². The van der Waals surface area contributed by atoms with E-state index in [2.05, 4.69) is 167 Å². The summed E-state index contributed by atoms with van der Waals surface area (Å²) in [5.74, 6) is 0.935. The lowest BCUT2D eigenvalue weighted by molar-refractivity contribution is 1.10. The first-order valence-electron chi connectivity index (χ1n) is 15.6. The van der Waals surface area contributed by atoms with Crippen molar-refractivity contribution in [3.8, 4) is 50.5 Å². The quantitative estimate of drug-likeness (QED) is 0.213. The number of imidazole rings is 1. The molecule has 0 saturated carbocycles. The fourth-order valence-corrected chi connectivity index (χ4v) is 6.81. The van der Waals surface area contributed by atoms with Crippen molar-refractivity contribution in [2.24, 2.45) is 0 Å². The molecular formula is C43H29N3. The number of hydrogen-bond donors (Lipinski definition) is 1. The molecular weight excluding hydrogens is 558 g/mol. The van der Waals surface area contributed by atoms with E-state index in [0.29, 0.717) is 0 Å². The standard InChI is InChI=1S/C43H29N3/c1-2-12-32(13-3-1)46-42-21-11-10-20-41(42)45-43(46)30-24-22-29(23-25-30)33-14-4-6-16-35(33)36-17-7-5-15-34(36)31-26-27-40-38(28-31)37-18-8-9-19-39(37)44-40/h1-28,44H. The molecule has 0 aliphatic rings. The van der Waals surface area contributed by atoms with Crippen molar-refractivity contribution in [1.29, 1.82) is 0 Å². The molecule has 7 aromatic carbocycles. The van der Waals surface area contributed by atoms with E-state index >= 15 is 0 Å². The smallest absolute Gasteiger partial charge is 0.145 e. The van der Waals surface area contributed by atoms with E-state index in [0.717, 1.165) is 39.1 Å². The number of nitrogens with one attached hydrogen (secondary N) is 1. The van der Waals surface area contributed by atoms with E-state index in [4.69, 9.17) is 4.98 Å². The minimum atomic E-state index is 0.935. The molecule has 0 saturated heterocycles. The van der Waals surface area contributed by atoms with Crippen LogP contribution in [0, 0.1) is 0 Å². The molecule has 0 amide bonds. The van der Waals surface area contributed by atoms with Crippen LogP contribution in [0.15, 0.2) is 170 Å². The molecule has 216 valence electrons. The summed E-state index contributed by atoms with van der Waals surface area (Å²) in [6.07, 6.45) is 0. The maximum Gasteiger partial charge on any atom is 0.145 e. The zero-order valence-corrected chi connectivity index (χ0v) is 25.1. The Morgan fingerprint density at radius 2 is 0.978 bits per heavy atom. The van der Waals surface area contributed by atoms with E-state index in [1.165, 1.54) is 44.2 Å². The number of hydrogen-bond acceptors (Lipinski definition) is 1. The first kappa shape index (κ1) is 26.2. The molecule has 0 fully saturated rings. The Morgan fingerprint density at radius 1 is 0.413 bits per heavy atom. The summed E-state index contributed by atoms with van der Waals surface area (Å²) in [4.78, 5) is 8.63. The van der Waals surface area contributed by atoms with E-state index < -0.39 is 0 Å². The van der Waals surface area contributed by atoms with Gasteiger partial charge >= 0.3 is 0 Å². The van der Waals surface area contributed by atoms with Gasteiger partial charge < -0.3 is 4.98 Å². The molecule has 0 atom stereocenters. The zero-order valence-electron chi connectivity index (χ0n) is 25.1. The summed E-state index contributed by atoms with van der Waals surface area (Å²) in [6.45, 7) is 0. The molecule has 0 radical (unpaired) electrons. The Hall–Kier alpha value is -6.19. The molecule has 0 aliphatic carbocycles. The highest BCUT2D eigenvalue weighted by atomic mass is 15.1. The summed E-state index contributed by atoms with van der Waals surface area (Å²) < 4.78 is 2.25. The van der Waals surface area contributed by atoms with Gasteiger partial charge in [0.2, 0.25) is 0 Å². The van der Waals surface area contributed by atoms with Crippen LogP contribution in [-0.4, -0.2) is 14.5 Å². The molecule has 9 aromatic rings. The number of H-pyrrole nitrogens is 1. The third-order valence-electron chi connectivity index (χ3n) is 8.99. The lowest BCUT2D eigenvalue weighted by Gasteiger charge is -2.15. The average Bonchev–Trinajstić information content (AvgIpc) is 3.71. The monoisotopic (exact) mass is 587 g/mol. The number of nitrogens with zero attached hydrogens (tertiary/aromatic N) is 2. The van der Waals surface area contributed by atoms with Gasteiger partial charge in [-0.2, -0.15) is 0 Å². The molecule has 0 aliphatic heterocycles. The second-order valence-electron chi connectivity index (χ2n) is 11.7. The molecule has 2 heterocycles. The fourth-order valence-electron chi connectivity index (χ4n) is 6.81. The van der Waals surface area contributed by atoms with Crippen molar-refractivity contribution in [1.82, 2.24) is 14.5 Å². The minimum absolute atomic E-state index is 0.935. The highest BCUT2D eigenvalue weighted by Crippen LogP contribution is 2.40. The summed E-state index contributed by atoms with van der Waals surface area (Å²) in [7, 11) is 0. The summed E-state index contributed by atoms with van der Waals surface area (Å²) in [5, 5.41) is 2.49. The lowest BCUT2D eigenvalue weighted by Crippen LogP contribution is -1.97. The summed E-state index contributed by atoms with van der Waals surface area (Å²) in [5.41, 5.74) is 13.8. The Kier molecular flexibility index (Phi) is 6.14. The van der Waals surface area contributed by atoms with Crippen LogP contribution in [0.2, 0.25) is 0 Å². The van der Waals surface area contributed by atoms with Gasteiger partial charge in [-0.3, -0.25) is 4.57 Å². The third-order valence-corrected chi connectivity index (χ3v) is 8.99. The lowest BCUT2D eigenvalue weighted by atomic mass is 9.89. The second-order valence-corrected chi connectivity index (χ2v) is 11.7. The highest BCUT2D eigenvalue weighted by molar-refractivity contribution is 6.09. The second kappa shape index (κ2) is 10.8. The van der Waals surface area contributed by atoms with Gasteiger partial charge in [-0.15, -0.1) is 0 Å². The maximum atomic E-state index is 5.07. The molecule has 0 bridgehead atoms. The van der Waals surface area contributed by atoms with Gasteiger partial charge in [0.25, 0.3) is 0 Å². The first-order valence-corrected chi connectivity index (χ1v) is 15.6. The normalized spacial score (nSPS) is 11.5. The predicted octanol–water partition coefficient (Wildman–Crippen LogP) is 11.3. The van der Waals surface area contributed by atoms with Gasteiger partial charge in [-0.05, 0) is 75.8 Å². The molecule has 2 aromatic heterocycles. The number of aromatic nitrogens is 3. The Labute approximate surface area is 267 Å². The van der Waals surface area contributed by atoms with Crippen molar-refractivity contribution in [3.05, 3.63) is 170 Å². The predicted molar refractivity (Wildman–Crippen MR) is 192 cm³/mol. The van der Waals surface area contributed by atoms with Crippen LogP contribution in [0.5, 0.6) is 0 Å². The number of fused-ring (bicyclic) bond motifs is 4. The Balaban J connectivity index is 1.14. The molecule has 0 unspecified atom stereocenters. The fraction of sp³-hybridized carbons (Fsp3) is 0. The summed E-state index contributed by atoms with van der Waals surface area (Å²) >= 11 is 0. The Bertz CT molecular complexity index is 2520. The Morgan fingerprint density at radius 3 is 1.76 bits per heavy atom. The van der Waals surface area contributed by atoms with E-state index in [-0.39, 0.29) is 0 Å². The molecule has 46 heavy (non-hydrogen) atoms. The van der Waals surface area contributed by atoms with Gasteiger partial charge in [-0.1, -0.05) is 127 Å². The SMILES string of the molecule is c1ccc(-n2c(-c3ccc(-c4ccccc4-c4ccccc4-c4ccc5[nH]c6ccccc6c5c4)cc3)nc3ccccc32)cc1. The number of rotatable bonds is 5. The van der Waals surface area contributed by atoms with Gasteiger partial charge in [0.15, 0.2) is 0 Å². The van der Waals surface area contributed by atoms with Gasteiger partial charge in [-0.25, -0.2) is 4.98 Å². The average molecular weight is 588 g/mol. The molecule has 1 N–H and O–H groups in total. The third kappa shape index (κ3) is 4.33. The van der Waals surface area contributed by atoms with E-state index in [1.807, 2.05) is 12.1 Å². The number of aromatic amines is 1. The van der Waals surface area contributed by atoms with Crippen LogP contribution < -0.4 is 0 Å². The van der Waals surface area contributed by atoms with Crippen LogP contribution in [0.1, 0.15) is 0 Å². The van der Waals surface area contributed by atoms with Crippen molar-refractivity contribution in [3.63, 3.8) is 0 Å². The highest BCUT2D eigenvalue weighted by Gasteiger charge is 2.16. The maximum absolute atomic E-state index is 5.07. The number of benzene rings is 7. The van der Waals surface area contributed by atoms with Gasteiger partial charge in [0.05, 0.1) is 11.0 Å². The minimum Gasteiger partial charge on any atom is -0.355 e. The topological polar surface area (TPSA) is 33.6 Å². The number of para-hydroxylation sites is 4. The van der Waals surface area contributed by atoms with Crippen molar-refractivity contribution in [2.45, 2.75) is 0 Å². The van der Waals surface area contributed by atoms with Crippen LogP contribution in [0.25, 0.3) is 83.3 Å². The van der Waals surface area contributed by atoms with Crippen LogP contribution in [0.3, 0.4) is 0 Å². The van der Waals surface area contributed by atoms with Crippen molar-refractivity contribution in [2.75, 3.05) is 0 Å². The summed E-state index contributed by atoms with van der Waals surface area (Å²) in [6, 6.07) is 60.4. The molecule has 9 rings (SSSR count). The van der Waals surface area contributed by atoms with Gasteiger partial charge in [0.1, 0.15) is 5.82 Å². The zero-order chi connectivity index (χ0) is 30.5. The van der Waals surface area contributed by atoms with Gasteiger partial charge in [0, 0.05) is 33.1 Å². The first-order chi connectivity index (χ1) is 22.8. The molecule has 3 heteroatoms. The van der Waals surface area contributed by atoms with Crippen LogP contribution in [-0.2, 0) is 0 Å². The van der Waals surface area contributed by atoms with E-state index in [1.54, 1.807) is 0 Å². The van der Waals surface area contributed by atoms with Crippen LogP contribution >= 0.6 is 0 Å².